The quantitative estimate of drug-likeness (QED) is 0.195. The molecule has 3 amide bonds. The molecule has 0 aromatic carbocycles. The molecule has 1 atom stereocenters. The highest BCUT2D eigenvalue weighted by Gasteiger charge is 2.28. The number of likely N-dealkylation sites (tertiary alicyclic amines) is 1. The minimum absolute atomic E-state index is 0.0797. The van der Waals surface area contributed by atoms with E-state index in [9.17, 15) is 24.3 Å². The van der Waals surface area contributed by atoms with E-state index in [-0.39, 0.29) is 57.1 Å². The van der Waals surface area contributed by atoms with Gasteiger partial charge in [-0.3, -0.25) is 14.4 Å². The van der Waals surface area contributed by atoms with Crippen LogP contribution in [-0.2, 0) is 33.4 Å². The van der Waals surface area contributed by atoms with Crippen LogP contribution in [0.25, 0.3) is 0 Å². The minimum Gasteiger partial charge on any atom is -0.480 e. The fraction of sp³-hybridized carbons (Fsp3) is 0.800. The molecule has 0 radical (unpaired) electrons. The van der Waals surface area contributed by atoms with E-state index in [1.54, 1.807) is 7.11 Å². The Labute approximate surface area is 188 Å². The van der Waals surface area contributed by atoms with Crippen LogP contribution in [-0.4, -0.2) is 113 Å². The highest BCUT2D eigenvalue weighted by Crippen LogP contribution is 2.16. The molecule has 1 saturated heterocycles. The van der Waals surface area contributed by atoms with E-state index in [2.05, 4.69) is 20.9 Å². The minimum atomic E-state index is -1.27. The molecule has 0 aliphatic carbocycles. The van der Waals surface area contributed by atoms with Gasteiger partial charge in [-0.1, -0.05) is 0 Å². The number of carbonyl (C=O) groups is 4. The van der Waals surface area contributed by atoms with Crippen LogP contribution in [0.4, 0.5) is 0 Å². The van der Waals surface area contributed by atoms with Crippen molar-refractivity contribution in [2.75, 3.05) is 73.4 Å². The lowest BCUT2D eigenvalue weighted by atomic mass is 9.96. The molecular formula is C20H36N4O8. The first-order valence-electron chi connectivity index (χ1n) is 10.7. The molecule has 1 heterocycles. The van der Waals surface area contributed by atoms with Crippen LogP contribution in [0.15, 0.2) is 0 Å². The predicted molar refractivity (Wildman–Crippen MR) is 114 cm³/mol. The van der Waals surface area contributed by atoms with E-state index < -0.39 is 17.9 Å². The maximum absolute atomic E-state index is 12.3. The molecule has 1 rings (SSSR count). The number of carbonyl (C=O) groups excluding carboxylic acids is 3. The highest BCUT2D eigenvalue weighted by molar-refractivity contribution is 5.89. The number of methoxy groups -OCH3 is 1. The van der Waals surface area contributed by atoms with Gasteiger partial charge in [-0.25, -0.2) is 4.79 Å². The Hall–Kier alpha value is -2.28. The van der Waals surface area contributed by atoms with E-state index in [1.165, 1.54) is 0 Å². The van der Waals surface area contributed by atoms with Crippen LogP contribution in [0.1, 0.15) is 19.3 Å². The normalized spacial score (nSPS) is 15.7. The number of carboxylic acid groups (broad SMARTS) is 1. The Morgan fingerprint density at radius 2 is 1.59 bits per heavy atom. The molecule has 32 heavy (non-hydrogen) atoms. The van der Waals surface area contributed by atoms with Crippen LogP contribution in [0, 0.1) is 5.92 Å². The van der Waals surface area contributed by atoms with Crippen molar-refractivity contribution in [3.8, 4) is 0 Å². The van der Waals surface area contributed by atoms with Gasteiger partial charge in [0, 0.05) is 26.1 Å². The van der Waals surface area contributed by atoms with Gasteiger partial charge in [0.05, 0.1) is 32.8 Å². The van der Waals surface area contributed by atoms with E-state index in [4.69, 9.17) is 14.2 Å². The summed E-state index contributed by atoms with van der Waals surface area (Å²) in [4.78, 5) is 49.2. The second-order valence-corrected chi connectivity index (χ2v) is 7.54. The second-order valence-electron chi connectivity index (χ2n) is 7.54. The smallest absolute Gasteiger partial charge is 0.326 e. The monoisotopic (exact) mass is 460 g/mol. The zero-order chi connectivity index (χ0) is 23.8. The molecule has 0 aromatic heterocycles. The zero-order valence-corrected chi connectivity index (χ0v) is 18.9. The van der Waals surface area contributed by atoms with Crippen molar-refractivity contribution in [1.82, 2.24) is 20.9 Å². The van der Waals surface area contributed by atoms with E-state index in [1.807, 2.05) is 7.05 Å². The van der Waals surface area contributed by atoms with E-state index >= 15 is 0 Å². The standard InChI is InChI=1S/C20H36N4O8/c1-24-7-3-15(4-8-24)19(27)23-16(20(28)29)13-17(25)21-6-10-31-11-12-32-14-18(26)22-5-9-30-2/h15-16H,3-14H2,1-2H3,(H,21,25)(H,22,26)(H,23,27)(H,28,29)/t16-/m0/s1. The van der Waals surface area contributed by atoms with Gasteiger partial charge in [0.2, 0.25) is 17.7 Å². The highest BCUT2D eigenvalue weighted by atomic mass is 16.5. The summed E-state index contributed by atoms with van der Waals surface area (Å²) in [6, 6.07) is -1.27. The molecule has 1 aliphatic heterocycles. The van der Waals surface area contributed by atoms with Crippen LogP contribution in [0.2, 0.25) is 0 Å². The lowest BCUT2D eigenvalue weighted by molar-refractivity contribution is -0.144. The summed E-state index contributed by atoms with van der Waals surface area (Å²) >= 11 is 0. The molecule has 12 nitrogen and oxygen atoms in total. The van der Waals surface area contributed by atoms with Crippen molar-refractivity contribution < 1.29 is 38.5 Å². The van der Waals surface area contributed by atoms with Crippen molar-refractivity contribution in [2.45, 2.75) is 25.3 Å². The first-order valence-corrected chi connectivity index (χ1v) is 10.7. The maximum atomic E-state index is 12.3. The van der Waals surface area contributed by atoms with Crippen LogP contribution < -0.4 is 16.0 Å². The number of amides is 3. The van der Waals surface area contributed by atoms with E-state index in [0.29, 0.717) is 26.0 Å². The van der Waals surface area contributed by atoms with Crippen molar-refractivity contribution in [2.24, 2.45) is 5.92 Å². The Kier molecular flexibility index (Phi) is 14.2. The summed E-state index contributed by atoms with van der Waals surface area (Å²) in [5, 5.41) is 17.0. The summed E-state index contributed by atoms with van der Waals surface area (Å²) in [6.07, 6.45) is 0.982. The van der Waals surface area contributed by atoms with Gasteiger partial charge in [0.1, 0.15) is 12.6 Å². The van der Waals surface area contributed by atoms with Gasteiger partial charge < -0.3 is 40.2 Å². The fourth-order valence-electron chi connectivity index (χ4n) is 3.01. The topological polar surface area (TPSA) is 156 Å². The Balaban J connectivity index is 2.12. The summed E-state index contributed by atoms with van der Waals surface area (Å²) in [7, 11) is 3.52. The maximum Gasteiger partial charge on any atom is 0.326 e. The summed E-state index contributed by atoms with van der Waals surface area (Å²) in [6.45, 7) is 3.18. The second kappa shape index (κ2) is 16.4. The number of hydrogen-bond acceptors (Lipinski definition) is 8. The van der Waals surface area contributed by atoms with Gasteiger partial charge in [0.15, 0.2) is 0 Å². The molecule has 0 unspecified atom stereocenters. The molecule has 184 valence electrons. The fourth-order valence-corrected chi connectivity index (χ4v) is 3.01. The lowest BCUT2D eigenvalue weighted by Crippen LogP contribution is -2.48. The van der Waals surface area contributed by atoms with Gasteiger partial charge in [-0.05, 0) is 33.0 Å². The van der Waals surface area contributed by atoms with Crippen LogP contribution >= 0.6 is 0 Å². The first kappa shape index (κ1) is 27.8. The van der Waals surface area contributed by atoms with Gasteiger partial charge >= 0.3 is 5.97 Å². The third kappa shape index (κ3) is 12.5. The number of carboxylic acids is 1. The number of ether oxygens (including phenoxy) is 3. The van der Waals surface area contributed by atoms with Crippen molar-refractivity contribution in [3.63, 3.8) is 0 Å². The lowest BCUT2D eigenvalue weighted by Gasteiger charge is -2.28. The number of aliphatic carboxylic acids is 1. The SMILES string of the molecule is COCCNC(=O)COCCOCCNC(=O)C[C@H](NC(=O)C1CCN(C)CC1)C(=O)O. The summed E-state index contributed by atoms with van der Waals surface area (Å²) < 4.78 is 15.3. The molecule has 0 saturated carbocycles. The average Bonchev–Trinajstić information content (AvgIpc) is 2.75. The van der Waals surface area contributed by atoms with Crippen molar-refractivity contribution in [1.29, 1.82) is 0 Å². The zero-order valence-electron chi connectivity index (χ0n) is 18.9. The predicted octanol–water partition coefficient (Wildman–Crippen LogP) is -1.80. The number of piperidine rings is 1. The molecule has 1 aliphatic rings. The molecular weight excluding hydrogens is 424 g/mol. The summed E-state index contributed by atoms with van der Waals surface area (Å²) in [5.74, 6) is -2.54. The molecule has 0 aromatic rings. The number of nitrogens with zero attached hydrogens (tertiary/aromatic N) is 1. The third-order valence-corrected chi connectivity index (χ3v) is 4.90. The number of nitrogens with one attached hydrogen (secondary N) is 3. The number of rotatable bonds is 16. The molecule has 0 spiro atoms. The van der Waals surface area contributed by atoms with Crippen molar-refractivity contribution >= 4 is 23.7 Å². The molecule has 0 bridgehead atoms. The Morgan fingerprint density at radius 1 is 0.969 bits per heavy atom. The van der Waals surface area contributed by atoms with E-state index in [0.717, 1.165) is 13.1 Å². The first-order chi connectivity index (χ1) is 15.3. The Morgan fingerprint density at radius 3 is 2.25 bits per heavy atom. The van der Waals surface area contributed by atoms with Crippen LogP contribution in [0.5, 0.6) is 0 Å². The largest absolute Gasteiger partial charge is 0.480 e. The van der Waals surface area contributed by atoms with Crippen LogP contribution in [0.3, 0.4) is 0 Å². The Bertz CT molecular complexity index is 596. The van der Waals surface area contributed by atoms with Gasteiger partial charge in [-0.15, -0.1) is 0 Å². The van der Waals surface area contributed by atoms with Crippen molar-refractivity contribution in [3.05, 3.63) is 0 Å². The molecule has 12 heteroatoms. The summed E-state index contributed by atoms with van der Waals surface area (Å²) in [5.41, 5.74) is 0. The number of hydrogen-bond donors (Lipinski definition) is 4. The molecule has 1 fully saturated rings. The third-order valence-electron chi connectivity index (χ3n) is 4.90. The van der Waals surface area contributed by atoms with Gasteiger partial charge in [-0.2, -0.15) is 0 Å². The average molecular weight is 461 g/mol. The van der Waals surface area contributed by atoms with Gasteiger partial charge in [0.25, 0.3) is 0 Å². The molecule has 4 N–H and O–H groups in total.